The average Bonchev–Trinajstić information content (AvgIpc) is 2.10. The lowest BCUT2D eigenvalue weighted by atomic mass is 9.81. The van der Waals surface area contributed by atoms with Crippen LogP contribution in [0.2, 0.25) is 0 Å². The predicted octanol–water partition coefficient (Wildman–Crippen LogP) is 1.93. The summed E-state index contributed by atoms with van der Waals surface area (Å²) in [7, 11) is 0. The van der Waals surface area contributed by atoms with Crippen LogP contribution in [0.3, 0.4) is 0 Å². The Morgan fingerprint density at radius 1 is 1.31 bits per heavy atom. The molecule has 2 heteroatoms. The maximum Gasteiger partial charge on any atom is 0.0766 e. The minimum Gasteiger partial charge on any atom is -0.389 e. The smallest absolute Gasteiger partial charge is 0.0766 e. The van der Waals surface area contributed by atoms with Gasteiger partial charge in [-0.2, -0.15) is 0 Å². The summed E-state index contributed by atoms with van der Waals surface area (Å²) in [6.45, 7) is 7.14. The summed E-state index contributed by atoms with van der Waals surface area (Å²) in [5.74, 6) is 0.883. The lowest BCUT2D eigenvalue weighted by molar-refractivity contribution is 0.0246. The van der Waals surface area contributed by atoms with E-state index in [-0.39, 0.29) is 0 Å². The van der Waals surface area contributed by atoms with Gasteiger partial charge in [-0.15, -0.1) is 0 Å². The van der Waals surface area contributed by atoms with Gasteiger partial charge in [-0.05, 0) is 31.6 Å². The molecule has 0 aliphatic heterocycles. The van der Waals surface area contributed by atoms with Gasteiger partial charge in [-0.3, -0.25) is 0 Å². The highest BCUT2D eigenvalue weighted by Gasteiger charge is 2.28. The normalized spacial score (nSPS) is 28.6. The first kappa shape index (κ1) is 11.0. The highest BCUT2D eigenvalue weighted by atomic mass is 16.3. The molecule has 0 aromatic carbocycles. The molecule has 0 spiro atoms. The van der Waals surface area contributed by atoms with E-state index in [4.69, 9.17) is 0 Å². The van der Waals surface area contributed by atoms with Crippen LogP contribution < -0.4 is 5.32 Å². The van der Waals surface area contributed by atoms with Gasteiger partial charge < -0.3 is 10.4 Å². The fourth-order valence-corrected chi connectivity index (χ4v) is 1.90. The maximum absolute atomic E-state index is 10.0. The van der Waals surface area contributed by atoms with Crippen LogP contribution in [0, 0.1) is 5.92 Å². The van der Waals surface area contributed by atoms with Crippen molar-refractivity contribution in [1.29, 1.82) is 0 Å². The summed E-state index contributed by atoms with van der Waals surface area (Å²) in [6.07, 6.45) is 4.25. The monoisotopic (exact) mass is 185 g/mol. The van der Waals surface area contributed by atoms with E-state index in [1.165, 1.54) is 12.8 Å². The molecule has 2 N–H and O–H groups in total. The molecule has 78 valence electrons. The molecule has 0 heterocycles. The minimum absolute atomic E-state index is 0.473. The molecule has 1 fully saturated rings. The second-order valence-corrected chi connectivity index (χ2v) is 4.59. The molecular formula is C11H23NO. The summed E-state index contributed by atoms with van der Waals surface area (Å²) >= 11 is 0. The second-order valence-electron chi connectivity index (χ2n) is 4.59. The van der Waals surface area contributed by atoms with Gasteiger partial charge in [0.25, 0.3) is 0 Å². The third kappa shape index (κ3) is 2.96. The molecule has 0 saturated heterocycles. The Labute approximate surface area is 81.7 Å². The van der Waals surface area contributed by atoms with E-state index in [0.29, 0.717) is 6.04 Å². The Hall–Kier alpha value is -0.0800. The van der Waals surface area contributed by atoms with Gasteiger partial charge >= 0.3 is 0 Å². The summed E-state index contributed by atoms with van der Waals surface area (Å²) < 4.78 is 0. The first-order chi connectivity index (χ1) is 6.09. The summed E-state index contributed by atoms with van der Waals surface area (Å²) in [5, 5.41) is 13.4. The van der Waals surface area contributed by atoms with Crippen molar-refractivity contribution in [1.82, 2.24) is 5.32 Å². The lowest BCUT2D eigenvalue weighted by Crippen LogP contribution is -2.48. The van der Waals surface area contributed by atoms with Crippen LogP contribution in [-0.4, -0.2) is 23.3 Å². The third-order valence-corrected chi connectivity index (χ3v) is 3.41. The molecular weight excluding hydrogens is 162 g/mol. The molecule has 0 atom stereocenters. The fourth-order valence-electron chi connectivity index (χ4n) is 1.90. The average molecular weight is 185 g/mol. The maximum atomic E-state index is 10.0. The Bertz CT molecular complexity index is 148. The van der Waals surface area contributed by atoms with Gasteiger partial charge in [0.1, 0.15) is 0 Å². The number of aliphatic hydroxyl groups is 1. The summed E-state index contributed by atoms with van der Waals surface area (Å²) in [6, 6.07) is 0.666. The van der Waals surface area contributed by atoms with E-state index < -0.39 is 5.60 Å². The van der Waals surface area contributed by atoms with Gasteiger partial charge in [-0.25, -0.2) is 0 Å². The number of hydrogen-bond acceptors (Lipinski definition) is 2. The number of rotatable bonds is 5. The Balaban J connectivity index is 2.17. The van der Waals surface area contributed by atoms with E-state index in [1.807, 2.05) is 0 Å². The van der Waals surface area contributed by atoms with Crippen molar-refractivity contribution in [2.24, 2.45) is 5.92 Å². The zero-order valence-electron chi connectivity index (χ0n) is 9.14. The van der Waals surface area contributed by atoms with Crippen molar-refractivity contribution in [3.05, 3.63) is 0 Å². The van der Waals surface area contributed by atoms with E-state index in [1.54, 1.807) is 0 Å². The van der Waals surface area contributed by atoms with E-state index in [9.17, 15) is 5.11 Å². The van der Waals surface area contributed by atoms with E-state index >= 15 is 0 Å². The van der Waals surface area contributed by atoms with Gasteiger partial charge in [0, 0.05) is 12.6 Å². The summed E-state index contributed by atoms with van der Waals surface area (Å²) in [5.41, 5.74) is -0.473. The predicted molar refractivity (Wildman–Crippen MR) is 55.7 cm³/mol. The fraction of sp³-hybridized carbons (Fsp3) is 1.00. The van der Waals surface area contributed by atoms with Crippen LogP contribution >= 0.6 is 0 Å². The van der Waals surface area contributed by atoms with Crippen LogP contribution in [0.5, 0.6) is 0 Å². The van der Waals surface area contributed by atoms with Gasteiger partial charge in [0.05, 0.1) is 5.60 Å². The first-order valence-corrected chi connectivity index (χ1v) is 5.55. The molecule has 0 bridgehead atoms. The minimum atomic E-state index is -0.473. The van der Waals surface area contributed by atoms with Crippen LogP contribution in [-0.2, 0) is 0 Å². The Morgan fingerprint density at radius 3 is 2.23 bits per heavy atom. The lowest BCUT2D eigenvalue weighted by Gasteiger charge is -2.36. The zero-order valence-corrected chi connectivity index (χ0v) is 9.14. The molecule has 0 amide bonds. The SMILES string of the molecule is CCC(O)(CC)CNC1CC(C)C1. The standard InChI is InChI=1S/C11H23NO/c1-4-11(13,5-2)8-12-10-6-9(3)7-10/h9-10,12-13H,4-8H2,1-3H3. The van der Waals surface area contributed by atoms with Crippen molar-refractivity contribution < 1.29 is 5.11 Å². The van der Waals surface area contributed by atoms with Crippen molar-refractivity contribution in [2.75, 3.05) is 6.54 Å². The van der Waals surface area contributed by atoms with Crippen molar-refractivity contribution in [3.63, 3.8) is 0 Å². The van der Waals surface area contributed by atoms with Crippen LogP contribution in [0.4, 0.5) is 0 Å². The second kappa shape index (κ2) is 4.43. The quantitative estimate of drug-likeness (QED) is 0.686. The van der Waals surface area contributed by atoms with Crippen molar-refractivity contribution in [3.8, 4) is 0 Å². The molecule has 0 aromatic heterocycles. The van der Waals surface area contributed by atoms with Crippen molar-refractivity contribution >= 4 is 0 Å². The molecule has 0 radical (unpaired) electrons. The van der Waals surface area contributed by atoms with Gasteiger partial charge in [-0.1, -0.05) is 20.8 Å². The first-order valence-electron chi connectivity index (χ1n) is 5.55. The van der Waals surface area contributed by atoms with Gasteiger partial charge in [0.2, 0.25) is 0 Å². The molecule has 1 aliphatic rings. The molecule has 2 nitrogen and oxygen atoms in total. The zero-order chi connectivity index (χ0) is 9.90. The van der Waals surface area contributed by atoms with Gasteiger partial charge in [0.15, 0.2) is 0 Å². The van der Waals surface area contributed by atoms with Crippen LogP contribution in [0.1, 0.15) is 46.5 Å². The topological polar surface area (TPSA) is 32.3 Å². The largest absolute Gasteiger partial charge is 0.389 e. The van der Waals surface area contributed by atoms with E-state index in [2.05, 4.69) is 26.1 Å². The number of hydrogen-bond donors (Lipinski definition) is 2. The Morgan fingerprint density at radius 2 is 1.85 bits per heavy atom. The number of nitrogens with one attached hydrogen (secondary N) is 1. The third-order valence-electron chi connectivity index (χ3n) is 3.41. The highest BCUT2D eigenvalue weighted by Crippen LogP contribution is 2.26. The molecule has 13 heavy (non-hydrogen) atoms. The molecule has 1 saturated carbocycles. The summed E-state index contributed by atoms with van der Waals surface area (Å²) in [4.78, 5) is 0. The molecule has 1 rings (SSSR count). The van der Waals surface area contributed by atoms with Crippen LogP contribution in [0.15, 0.2) is 0 Å². The van der Waals surface area contributed by atoms with Crippen LogP contribution in [0.25, 0.3) is 0 Å². The van der Waals surface area contributed by atoms with Crippen molar-refractivity contribution in [2.45, 2.75) is 58.1 Å². The van der Waals surface area contributed by atoms with E-state index in [0.717, 1.165) is 25.3 Å². The molecule has 0 aromatic rings. The highest BCUT2D eigenvalue weighted by molar-refractivity contribution is 4.86. The Kier molecular flexibility index (Phi) is 3.74. The molecule has 0 unspecified atom stereocenters. The molecule has 1 aliphatic carbocycles.